The third kappa shape index (κ3) is 35.2. The summed E-state index contributed by atoms with van der Waals surface area (Å²) in [5.41, 5.74) is 0. The summed E-state index contributed by atoms with van der Waals surface area (Å²) < 4.78 is 0. The summed E-state index contributed by atoms with van der Waals surface area (Å²) >= 11 is 0. The molecule has 5 heteroatoms. The fourth-order valence-corrected chi connectivity index (χ4v) is 8.05. The first kappa shape index (κ1) is 41.6. The molecule has 29 heavy (non-hydrogen) atoms. The van der Waals surface area contributed by atoms with Crippen LogP contribution in [0.5, 0.6) is 0 Å². The molecule has 0 aliphatic carbocycles. The van der Waals surface area contributed by atoms with Gasteiger partial charge in [0.2, 0.25) is 0 Å². The van der Waals surface area contributed by atoms with Crippen molar-refractivity contribution in [2.24, 2.45) is 0 Å². The van der Waals surface area contributed by atoms with E-state index in [0.29, 0.717) is 31.7 Å². The van der Waals surface area contributed by atoms with Crippen molar-refractivity contribution in [1.82, 2.24) is 0 Å². The van der Waals surface area contributed by atoms with Crippen molar-refractivity contribution < 1.29 is 21.1 Å². The Hall–Kier alpha value is 2.41. The summed E-state index contributed by atoms with van der Waals surface area (Å²) in [6, 6.07) is 0. The van der Waals surface area contributed by atoms with Crippen LogP contribution in [0.2, 0.25) is 0 Å². The van der Waals surface area contributed by atoms with E-state index in [1.54, 1.807) is 0 Å². The second-order valence-corrected chi connectivity index (χ2v) is 19.4. The third-order valence-corrected chi connectivity index (χ3v) is 16.1. The predicted octanol–water partition coefficient (Wildman–Crippen LogP) is 10.1. The molecule has 0 aliphatic heterocycles. The zero-order valence-corrected chi connectivity index (χ0v) is 28.4. The van der Waals surface area contributed by atoms with Crippen molar-refractivity contribution in [3.05, 3.63) is 0 Å². The van der Waals surface area contributed by atoms with Gasteiger partial charge in [-0.1, -0.05) is 83.1 Å². The van der Waals surface area contributed by atoms with Crippen molar-refractivity contribution >= 4 is 31.7 Å². The molecule has 0 unspecified atom stereocenters. The molecule has 0 N–H and O–H groups in total. The second kappa shape index (κ2) is 37.7. The quantitative estimate of drug-likeness (QED) is 0.182. The van der Waals surface area contributed by atoms with Crippen molar-refractivity contribution in [3.8, 4) is 0 Å². The second-order valence-electron chi connectivity index (χ2n) is 6.48. The SMILES string of the molecule is CCP(CC)CC.CCP(CC)CC.CCP(CC)CC.CCP(CC)CC.[Pt+2]. The summed E-state index contributed by atoms with van der Waals surface area (Å²) in [4.78, 5) is 0. The van der Waals surface area contributed by atoms with E-state index in [9.17, 15) is 0 Å². The molecule has 0 rings (SSSR count). The zero-order valence-electron chi connectivity index (χ0n) is 22.6. The van der Waals surface area contributed by atoms with Gasteiger partial charge in [0.1, 0.15) is 0 Å². The minimum Gasteiger partial charge on any atom is -0.108 e. The molecule has 0 aromatic carbocycles. The molecule has 0 saturated carbocycles. The molecule has 0 atom stereocenters. The number of hydrogen-bond donors (Lipinski definition) is 0. The first-order valence-electron chi connectivity index (χ1n) is 12.3. The average molecular weight is 668 g/mol. The molecular formula is C24H60P4Pt+2. The Balaban J connectivity index is -0.0000000873. The molecule has 0 bridgehead atoms. The summed E-state index contributed by atoms with van der Waals surface area (Å²) in [6.07, 6.45) is 17.0. The van der Waals surface area contributed by atoms with Gasteiger partial charge in [0.05, 0.1) is 0 Å². The minimum atomic E-state index is 0. The van der Waals surface area contributed by atoms with Gasteiger partial charge in [-0.3, -0.25) is 0 Å². The zero-order chi connectivity index (χ0) is 22.8. The summed E-state index contributed by atoms with van der Waals surface area (Å²) in [5, 5.41) is 0. The van der Waals surface area contributed by atoms with Crippen molar-refractivity contribution in [2.45, 2.75) is 83.1 Å². The van der Waals surface area contributed by atoms with Crippen LogP contribution in [-0.4, -0.2) is 73.9 Å². The first-order chi connectivity index (χ1) is 13.4. The largest absolute Gasteiger partial charge is 2.00 e. The standard InChI is InChI=1S/4C6H15P.Pt/c4*1-4-7(5-2)6-3;/h4*4-6H2,1-3H3;/q;;;;+2. The summed E-state index contributed by atoms with van der Waals surface area (Å²) in [5.74, 6) is 0. The van der Waals surface area contributed by atoms with Crippen LogP contribution in [-0.2, 0) is 21.1 Å². The van der Waals surface area contributed by atoms with Gasteiger partial charge in [-0.15, -0.1) is 31.7 Å². The molecule has 0 fully saturated rings. The van der Waals surface area contributed by atoms with Crippen molar-refractivity contribution in [2.75, 3.05) is 73.9 Å². The monoisotopic (exact) mass is 667 g/mol. The Morgan fingerprint density at radius 1 is 0.241 bits per heavy atom. The van der Waals surface area contributed by atoms with E-state index in [1.165, 1.54) is 73.9 Å². The van der Waals surface area contributed by atoms with Crippen LogP contribution in [0.3, 0.4) is 0 Å². The fraction of sp³-hybridized carbons (Fsp3) is 1.00. The molecule has 0 aliphatic rings. The molecule has 0 heterocycles. The normalized spacial score (nSPS) is 9.93. The molecule has 0 spiro atoms. The van der Waals surface area contributed by atoms with E-state index in [2.05, 4.69) is 83.1 Å². The maximum absolute atomic E-state index is 2.29. The van der Waals surface area contributed by atoms with Gasteiger partial charge < -0.3 is 0 Å². The average Bonchev–Trinajstić information content (AvgIpc) is 2.75. The molecule has 0 aromatic heterocycles. The first-order valence-corrected chi connectivity index (χ1v) is 19.9. The topological polar surface area (TPSA) is 0 Å². The van der Waals surface area contributed by atoms with E-state index in [0.717, 1.165) is 0 Å². The molecular weight excluding hydrogens is 607 g/mol. The Bertz CT molecular complexity index is 157. The smallest absolute Gasteiger partial charge is 0.108 e. The van der Waals surface area contributed by atoms with Crippen LogP contribution in [0.25, 0.3) is 0 Å². The van der Waals surface area contributed by atoms with Gasteiger partial charge in [0.25, 0.3) is 0 Å². The van der Waals surface area contributed by atoms with E-state index in [-0.39, 0.29) is 21.1 Å². The maximum atomic E-state index is 2.29. The predicted molar refractivity (Wildman–Crippen MR) is 154 cm³/mol. The van der Waals surface area contributed by atoms with Gasteiger partial charge in [-0.05, 0) is 73.9 Å². The Morgan fingerprint density at radius 2 is 0.310 bits per heavy atom. The Labute approximate surface area is 209 Å². The summed E-state index contributed by atoms with van der Waals surface area (Å²) in [6.45, 7) is 27.5. The van der Waals surface area contributed by atoms with Crippen LogP contribution in [0, 0.1) is 0 Å². The van der Waals surface area contributed by atoms with Crippen LogP contribution in [0.4, 0.5) is 0 Å². The van der Waals surface area contributed by atoms with Crippen molar-refractivity contribution in [3.63, 3.8) is 0 Å². The van der Waals surface area contributed by atoms with E-state index < -0.39 is 0 Å². The van der Waals surface area contributed by atoms with Crippen molar-refractivity contribution in [1.29, 1.82) is 0 Å². The van der Waals surface area contributed by atoms with Gasteiger partial charge >= 0.3 is 21.1 Å². The molecule has 0 radical (unpaired) electrons. The minimum absolute atomic E-state index is 0. The van der Waals surface area contributed by atoms with Crippen LogP contribution >= 0.6 is 31.7 Å². The van der Waals surface area contributed by atoms with Gasteiger partial charge in [0.15, 0.2) is 0 Å². The van der Waals surface area contributed by atoms with E-state index in [1.807, 2.05) is 0 Å². The van der Waals surface area contributed by atoms with Gasteiger partial charge in [-0.2, -0.15) is 0 Å². The molecule has 0 amide bonds. The summed E-state index contributed by atoms with van der Waals surface area (Å²) in [7, 11) is 1.78. The molecule has 0 nitrogen and oxygen atoms in total. The van der Waals surface area contributed by atoms with E-state index >= 15 is 0 Å². The van der Waals surface area contributed by atoms with Crippen LogP contribution < -0.4 is 0 Å². The third-order valence-electron chi connectivity index (χ3n) is 5.37. The Kier molecular flexibility index (Phi) is 54.2. The molecule has 0 aromatic rings. The number of hydrogen-bond acceptors (Lipinski definition) is 0. The maximum Gasteiger partial charge on any atom is 2.00 e. The molecule has 184 valence electrons. The molecule has 0 saturated heterocycles. The fourth-order valence-electron chi connectivity index (χ4n) is 2.68. The van der Waals surface area contributed by atoms with Crippen LogP contribution in [0.15, 0.2) is 0 Å². The van der Waals surface area contributed by atoms with Crippen LogP contribution in [0.1, 0.15) is 83.1 Å². The Morgan fingerprint density at radius 3 is 0.310 bits per heavy atom. The number of rotatable bonds is 12. The van der Waals surface area contributed by atoms with Gasteiger partial charge in [0, 0.05) is 0 Å². The van der Waals surface area contributed by atoms with E-state index in [4.69, 9.17) is 0 Å². The van der Waals surface area contributed by atoms with Gasteiger partial charge in [-0.25, -0.2) is 0 Å².